The van der Waals surface area contributed by atoms with Crippen LogP contribution in [0.2, 0.25) is 0 Å². The van der Waals surface area contributed by atoms with E-state index in [9.17, 15) is 4.79 Å². The van der Waals surface area contributed by atoms with Gasteiger partial charge in [-0.05, 0) is 24.5 Å². The summed E-state index contributed by atoms with van der Waals surface area (Å²) in [5.41, 5.74) is 3.02. The SMILES string of the molecule is CNc1cnc(CN2C(=O)CCCc3ccccc32)cn1. The van der Waals surface area contributed by atoms with Crippen LogP contribution in [-0.4, -0.2) is 22.9 Å². The van der Waals surface area contributed by atoms with Gasteiger partial charge in [-0.2, -0.15) is 0 Å². The number of rotatable bonds is 3. The van der Waals surface area contributed by atoms with Crippen LogP contribution in [-0.2, 0) is 17.8 Å². The summed E-state index contributed by atoms with van der Waals surface area (Å²) < 4.78 is 0. The lowest BCUT2D eigenvalue weighted by atomic mass is 10.1. The van der Waals surface area contributed by atoms with Crippen molar-refractivity contribution in [3.8, 4) is 0 Å². The number of carbonyl (C=O) groups is 1. The van der Waals surface area contributed by atoms with Gasteiger partial charge >= 0.3 is 0 Å². The number of benzene rings is 1. The monoisotopic (exact) mass is 282 g/mol. The van der Waals surface area contributed by atoms with Gasteiger partial charge in [-0.25, -0.2) is 4.98 Å². The molecule has 5 heteroatoms. The van der Waals surface area contributed by atoms with Gasteiger partial charge in [-0.3, -0.25) is 9.78 Å². The lowest BCUT2D eigenvalue weighted by Crippen LogP contribution is -2.30. The van der Waals surface area contributed by atoms with E-state index >= 15 is 0 Å². The fourth-order valence-corrected chi connectivity index (χ4v) is 2.59. The third kappa shape index (κ3) is 2.86. The number of hydrogen-bond donors (Lipinski definition) is 1. The second-order valence-electron chi connectivity index (χ2n) is 5.11. The molecule has 1 N–H and O–H groups in total. The van der Waals surface area contributed by atoms with Crippen molar-refractivity contribution in [1.29, 1.82) is 0 Å². The summed E-state index contributed by atoms with van der Waals surface area (Å²) in [4.78, 5) is 22.8. The molecule has 21 heavy (non-hydrogen) atoms. The number of amides is 1. The molecule has 1 aromatic heterocycles. The highest BCUT2D eigenvalue weighted by atomic mass is 16.2. The normalized spacial score (nSPS) is 14.5. The molecule has 1 amide bonds. The maximum Gasteiger partial charge on any atom is 0.227 e. The summed E-state index contributed by atoms with van der Waals surface area (Å²) in [5.74, 6) is 0.876. The number of carbonyl (C=O) groups excluding carboxylic acids is 1. The van der Waals surface area contributed by atoms with Crippen molar-refractivity contribution in [1.82, 2.24) is 9.97 Å². The minimum Gasteiger partial charge on any atom is -0.372 e. The van der Waals surface area contributed by atoms with Crippen molar-refractivity contribution in [3.05, 3.63) is 47.9 Å². The third-order valence-corrected chi connectivity index (χ3v) is 3.70. The maximum atomic E-state index is 12.4. The van der Waals surface area contributed by atoms with Gasteiger partial charge < -0.3 is 10.2 Å². The molecule has 0 fully saturated rings. The molecule has 0 unspecified atom stereocenters. The van der Waals surface area contributed by atoms with Crippen LogP contribution < -0.4 is 10.2 Å². The average molecular weight is 282 g/mol. The molecule has 0 saturated heterocycles. The van der Waals surface area contributed by atoms with Crippen LogP contribution in [0.25, 0.3) is 0 Å². The molecule has 0 spiro atoms. The summed E-state index contributed by atoms with van der Waals surface area (Å²) in [6.07, 6.45) is 5.83. The third-order valence-electron chi connectivity index (χ3n) is 3.70. The first kappa shape index (κ1) is 13.5. The Morgan fingerprint density at radius 1 is 1.19 bits per heavy atom. The minimum atomic E-state index is 0.152. The lowest BCUT2D eigenvalue weighted by molar-refractivity contribution is -0.118. The van der Waals surface area contributed by atoms with Gasteiger partial charge in [-0.15, -0.1) is 0 Å². The number of nitrogens with zero attached hydrogens (tertiary/aromatic N) is 3. The molecule has 0 saturated carbocycles. The van der Waals surface area contributed by atoms with Crippen molar-refractivity contribution in [2.24, 2.45) is 0 Å². The van der Waals surface area contributed by atoms with Gasteiger partial charge in [-0.1, -0.05) is 18.2 Å². The molecule has 2 heterocycles. The van der Waals surface area contributed by atoms with Crippen LogP contribution in [0, 0.1) is 0 Å². The molecular formula is C16H18N4O. The molecule has 1 aliphatic heterocycles. The zero-order valence-electron chi connectivity index (χ0n) is 12.0. The van der Waals surface area contributed by atoms with Crippen LogP contribution in [0.3, 0.4) is 0 Å². The first-order valence-corrected chi connectivity index (χ1v) is 7.15. The highest BCUT2D eigenvalue weighted by Gasteiger charge is 2.22. The van der Waals surface area contributed by atoms with Crippen molar-refractivity contribution in [3.63, 3.8) is 0 Å². The number of aromatic nitrogens is 2. The largest absolute Gasteiger partial charge is 0.372 e. The van der Waals surface area contributed by atoms with Gasteiger partial charge in [0.25, 0.3) is 0 Å². The Bertz CT molecular complexity index is 639. The van der Waals surface area contributed by atoms with E-state index in [1.807, 2.05) is 23.1 Å². The fourth-order valence-electron chi connectivity index (χ4n) is 2.59. The Morgan fingerprint density at radius 3 is 2.81 bits per heavy atom. The van der Waals surface area contributed by atoms with E-state index in [1.54, 1.807) is 19.4 Å². The molecule has 3 rings (SSSR count). The molecule has 1 aromatic carbocycles. The highest BCUT2D eigenvalue weighted by Crippen LogP contribution is 2.27. The standard InChI is InChI=1S/C16H18N4O/c1-17-15-10-18-13(9-19-15)11-20-14-7-3-2-5-12(14)6-4-8-16(20)21/h2-3,5,7,9-10H,4,6,8,11H2,1H3,(H,17,19). The molecule has 108 valence electrons. The van der Waals surface area contributed by atoms with Gasteiger partial charge in [0.15, 0.2) is 0 Å². The first-order valence-electron chi connectivity index (χ1n) is 7.15. The number of aryl methyl sites for hydroxylation is 1. The Kier molecular flexibility index (Phi) is 3.81. The Morgan fingerprint density at radius 2 is 2.05 bits per heavy atom. The van der Waals surface area contributed by atoms with Crippen LogP contribution >= 0.6 is 0 Å². The minimum absolute atomic E-state index is 0.152. The molecule has 0 radical (unpaired) electrons. The predicted octanol–water partition coefficient (Wildman–Crippen LogP) is 2.39. The van der Waals surface area contributed by atoms with Crippen LogP contribution in [0.4, 0.5) is 11.5 Å². The average Bonchev–Trinajstić information content (AvgIpc) is 2.68. The highest BCUT2D eigenvalue weighted by molar-refractivity contribution is 5.94. The predicted molar refractivity (Wildman–Crippen MR) is 82.1 cm³/mol. The summed E-state index contributed by atoms with van der Waals surface area (Å²) >= 11 is 0. The number of hydrogen-bond acceptors (Lipinski definition) is 4. The van der Waals surface area contributed by atoms with Crippen molar-refractivity contribution in [2.45, 2.75) is 25.8 Å². The van der Waals surface area contributed by atoms with Gasteiger partial charge in [0.1, 0.15) is 5.82 Å². The van der Waals surface area contributed by atoms with Crippen molar-refractivity contribution >= 4 is 17.4 Å². The van der Waals surface area contributed by atoms with Gasteiger partial charge in [0.2, 0.25) is 5.91 Å². The second-order valence-corrected chi connectivity index (χ2v) is 5.11. The van der Waals surface area contributed by atoms with E-state index in [2.05, 4.69) is 21.4 Å². The maximum absolute atomic E-state index is 12.4. The van der Waals surface area contributed by atoms with Gasteiger partial charge in [0.05, 0.1) is 24.6 Å². The van der Waals surface area contributed by atoms with E-state index in [1.165, 1.54) is 5.56 Å². The van der Waals surface area contributed by atoms with E-state index < -0.39 is 0 Å². The zero-order valence-corrected chi connectivity index (χ0v) is 12.0. The van der Waals surface area contributed by atoms with E-state index in [4.69, 9.17) is 0 Å². The van der Waals surface area contributed by atoms with Gasteiger partial charge in [0, 0.05) is 19.2 Å². The fraction of sp³-hybridized carbons (Fsp3) is 0.312. The zero-order chi connectivity index (χ0) is 14.7. The molecular weight excluding hydrogens is 264 g/mol. The van der Waals surface area contributed by atoms with Crippen LogP contribution in [0.5, 0.6) is 0 Å². The Labute approximate surface area is 124 Å². The molecule has 0 bridgehead atoms. The Hall–Kier alpha value is -2.43. The number of fused-ring (bicyclic) bond motifs is 1. The second kappa shape index (κ2) is 5.91. The lowest BCUT2D eigenvalue weighted by Gasteiger charge is -2.22. The van der Waals surface area contributed by atoms with E-state index in [-0.39, 0.29) is 5.91 Å². The van der Waals surface area contributed by atoms with Crippen LogP contribution in [0.1, 0.15) is 24.1 Å². The molecule has 0 atom stereocenters. The molecule has 1 aliphatic rings. The number of para-hydroxylation sites is 1. The summed E-state index contributed by atoms with van der Waals surface area (Å²) in [6, 6.07) is 8.10. The smallest absolute Gasteiger partial charge is 0.227 e. The molecule has 0 aliphatic carbocycles. The molecule has 5 nitrogen and oxygen atoms in total. The quantitative estimate of drug-likeness (QED) is 0.939. The summed E-state index contributed by atoms with van der Waals surface area (Å²) in [7, 11) is 1.80. The summed E-state index contributed by atoms with van der Waals surface area (Å²) in [5, 5.41) is 2.94. The van der Waals surface area contributed by atoms with Crippen molar-refractivity contribution < 1.29 is 4.79 Å². The molecule has 2 aromatic rings. The number of anilines is 2. The van der Waals surface area contributed by atoms with Crippen LogP contribution in [0.15, 0.2) is 36.7 Å². The van der Waals surface area contributed by atoms with E-state index in [0.717, 1.165) is 30.0 Å². The Balaban J connectivity index is 1.90. The van der Waals surface area contributed by atoms with E-state index in [0.29, 0.717) is 13.0 Å². The number of nitrogens with one attached hydrogen (secondary N) is 1. The van der Waals surface area contributed by atoms with Crippen molar-refractivity contribution in [2.75, 3.05) is 17.3 Å². The summed E-state index contributed by atoms with van der Waals surface area (Å²) in [6.45, 7) is 0.465. The topological polar surface area (TPSA) is 58.1 Å². The first-order chi connectivity index (χ1) is 10.3.